The lowest BCUT2D eigenvalue weighted by atomic mass is 9.76. The van der Waals surface area contributed by atoms with Crippen LogP contribution in [0.3, 0.4) is 0 Å². The highest BCUT2D eigenvalue weighted by Crippen LogP contribution is 2.27. The summed E-state index contributed by atoms with van der Waals surface area (Å²) >= 11 is 0. The molecule has 0 radical (unpaired) electrons. The fourth-order valence-corrected chi connectivity index (χ4v) is 1.66. The molecule has 17 heavy (non-hydrogen) atoms. The molecule has 2 rings (SSSR count). The Kier molecular flexibility index (Phi) is 4.26. The second-order valence-corrected chi connectivity index (χ2v) is 4.11. The van der Waals surface area contributed by atoms with E-state index in [-0.39, 0.29) is 37.6 Å². The summed E-state index contributed by atoms with van der Waals surface area (Å²) in [5.41, 5.74) is 5.54. The first-order valence-electron chi connectivity index (χ1n) is 5.12. The second-order valence-electron chi connectivity index (χ2n) is 4.11. The van der Waals surface area contributed by atoms with E-state index in [1.54, 1.807) is 0 Å². The number of esters is 1. The molecule has 1 saturated carbocycles. The summed E-state index contributed by atoms with van der Waals surface area (Å²) in [7, 11) is 0. The molecule has 0 spiro atoms. The highest BCUT2D eigenvalue weighted by Gasteiger charge is 2.47. The molecule has 0 aliphatic heterocycles. The van der Waals surface area contributed by atoms with Crippen molar-refractivity contribution in [3.05, 3.63) is 35.9 Å². The molecule has 1 aliphatic carbocycles. The van der Waals surface area contributed by atoms with Crippen LogP contribution in [0.25, 0.3) is 0 Å². The standard InChI is InChI=1S/C12H13NO3.ClH/c13-12(6-10(14)7-12)11(15)16-8-9-4-2-1-3-5-9;/h1-5H,6-8,13H2;1H. The Balaban J connectivity index is 0.00000144. The van der Waals surface area contributed by atoms with Crippen molar-refractivity contribution in [3.63, 3.8) is 0 Å². The van der Waals surface area contributed by atoms with Gasteiger partial charge >= 0.3 is 5.97 Å². The molecule has 1 aromatic rings. The second kappa shape index (κ2) is 5.29. The van der Waals surface area contributed by atoms with Gasteiger partial charge in [0.15, 0.2) is 0 Å². The molecule has 0 saturated heterocycles. The number of benzene rings is 1. The summed E-state index contributed by atoms with van der Waals surface area (Å²) < 4.78 is 5.07. The number of ether oxygens (including phenoxy) is 1. The largest absolute Gasteiger partial charge is 0.459 e. The molecular weight excluding hydrogens is 242 g/mol. The lowest BCUT2D eigenvalue weighted by Crippen LogP contribution is -2.59. The Morgan fingerprint density at radius 3 is 2.41 bits per heavy atom. The van der Waals surface area contributed by atoms with Gasteiger partial charge in [-0.1, -0.05) is 30.3 Å². The van der Waals surface area contributed by atoms with Crippen LogP contribution in [0, 0.1) is 0 Å². The third kappa shape index (κ3) is 3.05. The van der Waals surface area contributed by atoms with Gasteiger partial charge in [0.2, 0.25) is 0 Å². The Morgan fingerprint density at radius 1 is 1.29 bits per heavy atom. The summed E-state index contributed by atoms with van der Waals surface area (Å²) in [6.07, 6.45) is 0.196. The monoisotopic (exact) mass is 255 g/mol. The van der Waals surface area contributed by atoms with Crippen LogP contribution in [0.2, 0.25) is 0 Å². The maximum atomic E-state index is 11.6. The highest BCUT2D eigenvalue weighted by atomic mass is 35.5. The van der Waals surface area contributed by atoms with Crippen LogP contribution < -0.4 is 5.73 Å². The topological polar surface area (TPSA) is 69.4 Å². The van der Waals surface area contributed by atoms with Gasteiger partial charge in [0, 0.05) is 12.8 Å². The van der Waals surface area contributed by atoms with E-state index in [1.165, 1.54) is 0 Å². The van der Waals surface area contributed by atoms with Crippen molar-refractivity contribution in [2.75, 3.05) is 0 Å². The molecule has 1 aliphatic rings. The SMILES string of the molecule is Cl.NC1(C(=O)OCc2ccccc2)CC(=O)C1. The Morgan fingerprint density at radius 2 is 1.88 bits per heavy atom. The number of rotatable bonds is 3. The minimum Gasteiger partial charge on any atom is -0.459 e. The maximum Gasteiger partial charge on any atom is 0.327 e. The van der Waals surface area contributed by atoms with Gasteiger partial charge in [0.1, 0.15) is 17.9 Å². The van der Waals surface area contributed by atoms with Gasteiger partial charge in [-0.3, -0.25) is 9.59 Å². The first-order chi connectivity index (χ1) is 7.60. The number of carbonyl (C=O) groups is 2. The zero-order chi connectivity index (χ0) is 11.6. The molecule has 0 heterocycles. The lowest BCUT2D eigenvalue weighted by molar-refractivity contribution is -0.159. The molecule has 5 heteroatoms. The molecule has 4 nitrogen and oxygen atoms in total. The zero-order valence-corrected chi connectivity index (χ0v) is 10.0. The van der Waals surface area contributed by atoms with E-state index in [0.29, 0.717) is 0 Å². The molecule has 0 bridgehead atoms. The van der Waals surface area contributed by atoms with Crippen LogP contribution >= 0.6 is 12.4 Å². The normalized spacial score (nSPS) is 16.6. The molecular formula is C12H14ClNO3. The van der Waals surface area contributed by atoms with E-state index in [1.807, 2.05) is 30.3 Å². The van der Waals surface area contributed by atoms with E-state index in [2.05, 4.69) is 0 Å². The summed E-state index contributed by atoms with van der Waals surface area (Å²) in [5.74, 6) is -0.477. The fourth-order valence-electron chi connectivity index (χ4n) is 1.66. The number of Topliss-reactive ketones (excluding diaryl/α,β-unsaturated/α-hetero) is 1. The molecule has 1 aromatic carbocycles. The summed E-state index contributed by atoms with van der Waals surface area (Å²) in [4.78, 5) is 22.4. The number of hydrogen-bond donors (Lipinski definition) is 1. The predicted octanol–water partition coefficient (Wildman–Crippen LogP) is 1.21. The maximum absolute atomic E-state index is 11.6. The van der Waals surface area contributed by atoms with Gasteiger partial charge in [-0.25, -0.2) is 0 Å². The van der Waals surface area contributed by atoms with Crippen LogP contribution in [-0.4, -0.2) is 17.3 Å². The van der Waals surface area contributed by atoms with Crippen molar-refractivity contribution in [2.24, 2.45) is 5.73 Å². The number of ketones is 1. The fraction of sp³-hybridized carbons (Fsp3) is 0.333. The first-order valence-corrected chi connectivity index (χ1v) is 5.12. The molecule has 0 aromatic heterocycles. The van der Waals surface area contributed by atoms with Crippen molar-refractivity contribution in [1.29, 1.82) is 0 Å². The zero-order valence-electron chi connectivity index (χ0n) is 9.22. The number of carbonyl (C=O) groups excluding carboxylic acids is 2. The molecule has 1 fully saturated rings. The molecule has 0 unspecified atom stereocenters. The van der Waals surface area contributed by atoms with Gasteiger partial charge in [-0.15, -0.1) is 12.4 Å². The highest BCUT2D eigenvalue weighted by molar-refractivity contribution is 6.00. The molecule has 0 amide bonds. The molecule has 92 valence electrons. The van der Waals surface area contributed by atoms with Crippen molar-refractivity contribution in [2.45, 2.75) is 25.0 Å². The van der Waals surface area contributed by atoms with Gasteiger partial charge in [0.05, 0.1) is 0 Å². The van der Waals surface area contributed by atoms with Crippen LogP contribution in [0.5, 0.6) is 0 Å². The molecule has 0 atom stereocenters. The summed E-state index contributed by atoms with van der Waals surface area (Å²) in [6, 6.07) is 9.35. The number of hydrogen-bond acceptors (Lipinski definition) is 4. The number of halogens is 1. The Hall–Kier alpha value is -1.39. The van der Waals surface area contributed by atoms with Crippen molar-refractivity contribution >= 4 is 24.2 Å². The average molecular weight is 256 g/mol. The van der Waals surface area contributed by atoms with Crippen LogP contribution in [0.15, 0.2) is 30.3 Å². The van der Waals surface area contributed by atoms with Gasteiger partial charge < -0.3 is 10.5 Å². The third-order valence-electron chi connectivity index (χ3n) is 2.64. The van der Waals surface area contributed by atoms with E-state index in [9.17, 15) is 9.59 Å². The Bertz CT molecular complexity index is 411. The van der Waals surface area contributed by atoms with Crippen LogP contribution in [0.4, 0.5) is 0 Å². The van der Waals surface area contributed by atoms with Crippen molar-refractivity contribution < 1.29 is 14.3 Å². The predicted molar refractivity (Wildman–Crippen MR) is 64.6 cm³/mol. The van der Waals surface area contributed by atoms with Crippen molar-refractivity contribution in [1.82, 2.24) is 0 Å². The van der Waals surface area contributed by atoms with Crippen LogP contribution in [-0.2, 0) is 20.9 Å². The Labute approximate surface area is 106 Å². The molecule has 2 N–H and O–H groups in total. The van der Waals surface area contributed by atoms with Crippen molar-refractivity contribution in [3.8, 4) is 0 Å². The third-order valence-corrected chi connectivity index (χ3v) is 2.64. The van der Waals surface area contributed by atoms with Gasteiger partial charge in [-0.2, -0.15) is 0 Å². The van der Waals surface area contributed by atoms with E-state index < -0.39 is 11.5 Å². The minimum atomic E-state index is -1.08. The quantitative estimate of drug-likeness (QED) is 0.825. The van der Waals surface area contributed by atoms with E-state index in [0.717, 1.165) is 5.56 Å². The summed E-state index contributed by atoms with van der Waals surface area (Å²) in [6.45, 7) is 0.201. The minimum absolute atomic E-state index is 0. The lowest BCUT2D eigenvalue weighted by Gasteiger charge is -2.33. The first kappa shape index (κ1) is 13.7. The smallest absolute Gasteiger partial charge is 0.327 e. The van der Waals surface area contributed by atoms with Gasteiger partial charge in [0.25, 0.3) is 0 Å². The average Bonchev–Trinajstić information content (AvgIpc) is 2.25. The van der Waals surface area contributed by atoms with Crippen LogP contribution in [0.1, 0.15) is 18.4 Å². The summed E-state index contributed by atoms with van der Waals surface area (Å²) in [5, 5.41) is 0. The number of nitrogens with two attached hydrogens (primary N) is 1. The van der Waals surface area contributed by atoms with Gasteiger partial charge in [-0.05, 0) is 5.56 Å². The van der Waals surface area contributed by atoms with E-state index >= 15 is 0 Å². The van der Waals surface area contributed by atoms with E-state index in [4.69, 9.17) is 10.5 Å².